The fourth-order valence-electron chi connectivity index (χ4n) is 3.29. The van der Waals surface area contributed by atoms with Gasteiger partial charge in [-0.05, 0) is 30.7 Å². The molecule has 2 fully saturated rings. The Balaban J connectivity index is 1.73. The van der Waals surface area contributed by atoms with Gasteiger partial charge in [-0.1, -0.05) is 6.42 Å². The summed E-state index contributed by atoms with van der Waals surface area (Å²) in [5, 5.41) is 15.1. The van der Waals surface area contributed by atoms with Crippen molar-refractivity contribution in [3.8, 4) is 11.5 Å². The van der Waals surface area contributed by atoms with Crippen molar-refractivity contribution in [3.05, 3.63) is 27.8 Å². The van der Waals surface area contributed by atoms with E-state index in [-0.39, 0.29) is 34.2 Å². The molecule has 0 radical (unpaired) electrons. The Hall–Kier alpha value is -2.64. The second-order valence-electron chi connectivity index (χ2n) is 6.23. The zero-order valence-electron chi connectivity index (χ0n) is 13.6. The largest absolute Gasteiger partial charge is 0.493 e. The van der Waals surface area contributed by atoms with Gasteiger partial charge in [-0.3, -0.25) is 14.9 Å². The molecule has 1 atom stereocenters. The summed E-state index contributed by atoms with van der Waals surface area (Å²) in [6, 6.07) is 2.73. The molecule has 8 heteroatoms. The van der Waals surface area contributed by atoms with E-state index in [0.29, 0.717) is 5.75 Å². The van der Waals surface area contributed by atoms with Gasteiger partial charge in [0.05, 0.1) is 37.0 Å². The molecule has 0 aromatic heterocycles. The fraction of sp³-hybridized carbons (Fsp3) is 0.500. The molecule has 2 aliphatic carbocycles. The minimum atomic E-state index is -0.532. The maximum Gasteiger partial charge on any atom is 0.282 e. The van der Waals surface area contributed by atoms with Crippen LogP contribution < -0.4 is 14.9 Å². The number of carbonyl (C=O) groups is 1. The van der Waals surface area contributed by atoms with E-state index in [1.54, 1.807) is 0 Å². The van der Waals surface area contributed by atoms with Gasteiger partial charge >= 0.3 is 0 Å². The Kier molecular flexibility index (Phi) is 4.13. The number of nitro groups is 1. The molecule has 1 N–H and O–H groups in total. The van der Waals surface area contributed by atoms with Crippen molar-refractivity contribution in [1.82, 2.24) is 5.43 Å². The zero-order chi connectivity index (χ0) is 17.3. The highest BCUT2D eigenvalue weighted by Crippen LogP contribution is 2.65. The molecule has 2 aliphatic rings. The van der Waals surface area contributed by atoms with Gasteiger partial charge in [-0.25, -0.2) is 5.43 Å². The number of ether oxygens (including phenoxy) is 2. The van der Waals surface area contributed by atoms with E-state index in [0.717, 1.165) is 19.3 Å². The number of nitro benzene ring substituents is 1. The molecule has 2 saturated carbocycles. The van der Waals surface area contributed by atoms with Gasteiger partial charge in [-0.2, -0.15) is 5.10 Å². The Bertz CT molecular complexity index is 712. The summed E-state index contributed by atoms with van der Waals surface area (Å²) in [5.74, 6) is 0.527. The van der Waals surface area contributed by atoms with Crippen molar-refractivity contribution >= 4 is 17.8 Å². The lowest BCUT2D eigenvalue weighted by Crippen LogP contribution is -2.26. The lowest BCUT2D eigenvalue weighted by atomic mass is 9.80. The highest BCUT2D eigenvalue weighted by Gasteiger charge is 2.60. The molecule has 1 aromatic rings. The molecule has 0 heterocycles. The van der Waals surface area contributed by atoms with E-state index in [4.69, 9.17) is 9.47 Å². The predicted molar refractivity (Wildman–Crippen MR) is 86.3 cm³/mol. The minimum Gasteiger partial charge on any atom is -0.493 e. The molecule has 128 valence electrons. The van der Waals surface area contributed by atoms with Crippen LogP contribution in [0.4, 0.5) is 5.69 Å². The van der Waals surface area contributed by atoms with Crippen molar-refractivity contribution < 1.29 is 19.2 Å². The highest BCUT2D eigenvalue weighted by molar-refractivity contribution is 5.89. The zero-order valence-corrected chi connectivity index (χ0v) is 13.6. The van der Waals surface area contributed by atoms with E-state index in [2.05, 4.69) is 10.5 Å². The number of carbonyl (C=O) groups excluding carboxylic acids is 1. The van der Waals surface area contributed by atoms with Gasteiger partial charge in [-0.15, -0.1) is 0 Å². The van der Waals surface area contributed by atoms with E-state index in [1.165, 1.54) is 39.0 Å². The molecule has 3 rings (SSSR count). The van der Waals surface area contributed by atoms with Crippen LogP contribution in [-0.2, 0) is 4.79 Å². The van der Waals surface area contributed by atoms with Crippen LogP contribution in [0.2, 0.25) is 0 Å². The van der Waals surface area contributed by atoms with E-state index < -0.39 is 4.92 Å². The van der Waals surface area contributed by atoms with Gasteiger partial charge < -0.3 is 9.47 Å². The van der Waals surface area contributed by atoms with Crippen LogP contribution in [0.3, 0.4) is 0 Å². The van der Waals surface area contributed by atoms with Crippen LogP contribution in [-0.4, -0.2) is 31.3 Å². The first-order chi connectivity index (χ1) is 11.5. The van der Waals surface area contributed by atoms with Gasteiger partial charge in [0.2, 0.25) is 5.91 Å². The number of hydrogen-bond donors (Lipinski definition) is 1. The SMILES string of the molecule is COc1cc(/C=N/NC(=O)C2CC23CCC3)c([N+](=O)[O-])cc1OC. The Morgan fingerprint density at radius 1 is 1.38 bits per heavy atom. The van der Waals surface area contributed by atoms with E-state index >= 15 is 0 Å². The number of methoxy groups -OCH3 is 2. The number of benzene rings is 1. The van der Waals surface area contributed by atoms with Gasteiger partial charge in [0.25, 0.3) is 5.69 Å². The van der Waals surface area contributed by atoms with Crippen LogP contribution in [0.5, 0.6) is 11.5 Å². The summed E-state index contributed by atoms with van der Waals surface area (Å²) in [7, 11) is 2.85. The second-order valence-corrected chi connectivity index (χ2v) is 6.23. The normalized spacial score (nSPS) is 20.5. The Morgan fingerprint density at radius 3 is 2.54 bits per heavy atom. The lowest BCUT2D eigenvalue weighted by molar-refractivity contribution is -0.385. The van der Waals surface area contributed by atoms with E-state index in [1.807, 2.05) is 0 Å². The van der Waals surface area contributed by atoms with Gasteiger partial charge in [0, 0.05) is 5.92 Å². The summed E-state index contributed by atoms with van der Waals surface area (Å²) in [6.07, 6.45) is 5.58. The molecule has 1 spiro atoms. The highest BCUT2D eigenvalue weighted by atomic mass is 16.6. The maximum atomic E-state index is 12.0. The van der Waals surface area contributed by atoms with Crippen LogP contribution in [0.15, 0.2) is 17.2 Å². The summed E-state index contributed by atoms with van der Waals surface area (Å²) in [4.78, 5) is 22.7. The van der Waals surface area contributed by atoms with Gasteiger partial charge in [0.15, 0.2) is 11.5 Å². The molecule has 0 bridgehead atoms. The van der Waals surface area contributed by atoms with Crippen molar-refractivity contribution in [1.29, 1.82) is 0 Å². The van der Waals surface area contributed by atoms with Crippen molar-refractivity contribution in [2.24, 2.45) is 16.4 Å². The summed E-state index contributed by atoms with van der Waals surface area (Å²) >= 11 is 0. The third-order valence-electron chi connectivity index (χ3n) is 4.96. The summed E-state index contributed by atoms with van der Waals surface area (Å²) in [5.41, 5.74) is 2.76. The third kappa shape index (κ3) is 2.79. The molecule has 8 nitrogen and oxygen atoms in total. The number of nitrogens with zero attached hydrogens (tertiary/aromatic N) is 2. The Morgan fingerprint density at radius 2 is 2.04 bits per heavy atom. The average molecular weight is 333 g/mol. The number of amides is 1. The maximum absolute atomic E-state index is 12.0. The average Bonchev–Trinajstić information content (AvgIpc) is 3.30. The third-order valence-corrected chi connectivity index (χ3v) is 4.96. The topological polar surface area (TPSA) is 103 Å². The molecule has 1 amide bonds. The first-order valence-electron chi connectivity index (χ1n) is 7.74. The molecular formula is C16H19N3O5. The van der Waals surface area contributed by atoms with Crippen LogP contribution in [0.1, 0.15) is 31.2 Å². The van der Waals surface area contributed by atoms with Crippen LogP contribution in [0.25, 0.3) is 0 Å². The first-order valence-corrected chi connectivity index (χ1v) is 7.74. The first kappa shape index (κ1) is 16.2. The smallest absolute Gasteiger partial charge is 0.282 e. The summed E-state index contributed by atoms with van der Waals surface area (Å²) in [6.45, 7) is 0. The molecule has 0 aliphatic heterocycles. The fourth-order valence-corrected chi connectivity index (χ4v) is 3.29. The van der Waals surface area contributed by atoms with Crippen LogP contribution in [0, 0.1) is 21.4 Å². The predicted octanol–water partition coefficient (Wildman–Crippen LogP) is 2.25. The monoisotopic (exact) mass is 333 g/mol. The molecule has 1 unspecified atom stereocenters. The number of hydrazone groups is 1. The van der Waals surface area contributed by atoms with Crippen LogP contribution >= 0.6 is 0 Å². The molecule has 0 saturated heterocycles. The number of nitrogens with one attached hydrogen (secondary N) is 1. The molecule has 24 heavy (non-hydrogen) atoms. The number of hydrogen-bond acceptors (Lipinski definition) is 6. The van der Waals surface area contributed by atoms with Gasteiger partial charge in [0.1, 0.15) is 0 Å². The van der Waals surface area contributed by atoms with Crippen molar-refractivity contribution in [3.63, 3.8) is 0 Å². The summed E-state index contributed by atoms with van der Waals surface area (Å²) < 4.78 is 10.2. The lowest BCUT2D eigenvalue weighted by Gasteiger charge is -2.25. The Labute approximate surface area is 139 Å². The molecular weight excluding hydrogens is 314 g/mol. The quantitative estimate of drug-likeness (QED) is 0.488. The minimum absolute atomic E-state index is 0.0313. The van der Waals surface area contributed by atoms with E-state index in [9.17, 15) is 14.9 Å². The van der Waals surface area contributed by atoms with Crippen molar-refractivity contribution in [2.45, 2.75) is 25.7 Å². The molecule has 1 aromatic carbocycles. The number of rotatable bonds is 6. The van der Waals surface area contributed by atoms with Crippen molar-refractivity contribution in [2.75, 3.05) is 14.2 Å². The standard InChI is InChI=1S/C16H19N3O5/c1-23-13-6-10(12(19(21)22)7-14(13)24-2)9-17-18-15(20)11-8-16(11)4-3-5-16/h6-7,9,11H,3-5,8H2,1-2H3,(H,18,20)/b17-9+. The second kappa shape index (κ2) is 6.10.